The first-order valence-electron chi connectivity index (χ1n) is 8.08. The van der Waals surface area contributed by atoms with E-state index in [1.54, 1.807) is 18.8 Å². The second-order valence-corrected chi connectivity index (χ2v) is 6.70. The highest BCUT2D eigenvalue weighted by molar-refractivity contribution is 9.10. The van der Waals surface area contributed by atoms with Crippen molar-refractivity contribution in [1.29, 1.82) is 0 Å². The fourth-order valence-electron chi connectivity index (χ4n) is 2.38. The highest BCUT2D eigenvalue weighted by atomic mass is 79.9. The van der Waals surface area contributed by atoms with Gasteiger partial charge in [-0.3, -0.25) is 0 Å². The molecular formula is C18H20BrN5O2. The van der Waals surface area contributed by atoms with Crippen LogP contribution in [0.2, 0.25) is 0 Å². The Labute approximate surface area is 160 Å². The van der Waals surface area contributed by atoms with E-state index in [-0.39, 0.29) is 0 Å². The van der Waals surface area contributed by atoms with Crippen LogP contribution in [0.1, 0.15) is 16.7 Å². The Kier molecular flexibility index (Phi) is 5.72. The number of ether oxygens (including phenoxy) is 2. The zero-order chi connectivity index (χ0) is 18.5. The van der Waals surface area contributed by atoms with Crippen molar-refractivity contribution in [3.8, 4) is 11.5 Å². The van der Waals surface area contributed by atoms with Crippen molar-refractivity contribution in [2.24, 2.45) is 7.05 Å². The van der Waals surface area contributed by atoms with E-state index in [1.807, 2.05) is 12.1 Å². The van der Waals surface area contributed by atoms with Crippen LogP contribution in [0.25, 0.3) is 0 Å². The third kappa shape index (κ3) is 4.32. The molecule has 0 aliphatic carbocycles. The molecule has 7 nitrogen and oxygen atoms in total. The largest absolute Gasteiger partial charge is 0.493 e. The number of halogens is 1. The van der Waals surface area contributed by atoms with Crippen molar-refractivity contribution in [2.45, 2.75) is 20.1 Å². The Hall–Kier alpha value is -2.61. The van der Waals surface area contributed by atoms with Gasteiger partial charge in [0.2, 0.25) is 5.95 Å². The van der Waals surface area contributed by atoms with E-state index in [0.29, 0.717) is 30.6 Å². The van der Waals surface area contributed by atoms with E-state index in [4.69, 9.17) is 9.47 Å². The van der Waals surface area contributed by atoms with Crippen LogP contribution in [0.15, 0.2) is 40.9 Å². The minimum atomic E-state index is 0.477. The average Bonchev–Trinajstić information content (AvgIpc) is 3.05. The topological polar surface area (TPSA) is 74.1 Å². The Bertz CT molecular complexity index is 880. The lowest BCUT2D eigenvalue weighted by atomic mass is 10.1. The molecule has 0 bridgehead atoms. The minimum Gasteiger partial charge on any atom is -0.493 e. The van der Waals surface area contributed by atoms with Crippen molar-refractivity contribution in [2.75, 3.05) is 12.4 Å². The summed E-state index contributed by atoms with van der Waals surface area (Å²) in [6.45, 7) is 3.09. The smallest absolute Gasteiger partial charge is 0.242 e. The Morgan fingerprint density at radius 1 is 1.15 bits per heavy atom. The van der Waals surface area contributed by atoms with Gasteiger partial charge in [0.05, 0.1) is 7.11 Å². The minimum absolute atomic E-state index is 0.477. The van der Waals surface area contributed by atoms with E-state index in [1.165, 1.54) is 5.56 Å². The molecule has 1 N–H and O–H groups in total. The molecule has 2 aromatic carbocycles. The first-order valence-corrected chi connectivity index (χ1v) is 8.87. The van der Waals surface area contributed by atoms with Gasteiger partial charge in [0, 0.05) is 18.1 Å². The summed E-state index contributed by atoms with van der Waals surface area (Å²) in [6, 6.07) is 12.1. The zero-order valence-corrected chi connectivity index (χ0v) is 16.4. The predicted octanol–water partition coefficient (Wildman–Crippen LogP) is 3.48. The summed E-state index contributed by atoms with van der Waals surface area (Å²) in [4.78, 5) is 0. The fourth-order valence-corrected chi connectivity index (χ4v) is 2.85. The molecule has 1 heterocycles. The Balaban J connectivity index is 1.71. The molecule has 26 heavy (non-hydrogen) atoms. The number of anilines is 1. The number of benzene rings is 2. The quantitative estimate of drug-likeness (QED) is 0.634. The standard InChI is InChI=1S/C18H20BrN5O2/c1-12-4-6-13(7-5-12)11-26-17-9-15(19)14(8-16(17)25-3)10-20-18-21-22-23-24(18)2/h4-9H,10-11H2,1-3H3,(H,20,21,23). The first-order chi connectivity index (χ1) is 12.6. The summed E-state index contributed by atoms with van der Waals surface area (Å²) in [5.41, 5.74) is 3.34. The van der Waals surface area contributed by atoms with Gasteiger partial charge in [0.1, 0.15) is 6.61 Å². The van der Waals surface area contributed by atoms with Gasteiger partial charge in [-0.2, -0.15) is 0 Å². The van der Waals surface area contributed by atoms with Gasteiger partial charge in [0.15, 0.2) is 11.5 Å². The van der Waals surface area contributed by atoms with Gasteiger partial charge in [-0.15, -0.1) is 0 Å². The molecule has 0 aliphatic rings. The van der Waals surface area contributed by atoms with E-state index in [0.717, 1.165) is 15.6 Å². The molecule has 136 valence electrons. The first kappa shape index (κ1) is 18.2. The number of nitrogens with one attached hydrogen (secondary N) is 1. The van der Waals surface area contributed by atoms with Crippen LogP contribution in [-0.2, 0) is 20.2 Å². The molecule has 0 saturated heterocycles. The third-order valence-corrected chi connectivity index (χ3v) is 4.64. The molecular weight excluding hydrogens is 398 g/mol. The van der Waals surface area contributed by atoms with Crippen molar-refractivity contribution in [3.05, 3.63) is 57.6 Å². The molecule has 8 heteroatoms. The number of hydrogen-bond acceptors (Lipinski definition) is 6. The van der Waals surface area contributed by atoms with Gasteiger partial charge in [-0.1, -0.05) is 50.9 Å². The van der Waals surface area contributed by atoms with Gasteiger partial charge in [0.25, 0.3) is 0 Å². The molecule has 3 aromatic rings. The SMILES string of the molecule is COc1cc(CNc2nnnn2C)c(Br)cc1OCc1ccc(C)cc1. The maximum absolute atomic E-state index is 5.95. The number of nitrogens with zero attached hydrogens (tertiary/aromatic N) is 4. The predicted molar refractivity (Wildman–Crippen MR) is 102 cm³/mol. The van der Waals surface area contributed by atoms with Crippen LogP contribution >= 0.6 is 15.9 Å². The highest BCUT2D eigenvalue weighted by Gasteiger charge is 2.12. The molecule has 0 aliphatic heterocycles. The Morgan fingerprint density at radius 2 is 1.92 bits per heavy atom. The highest BCUT2D eigenvalue weighted by Crippen LogP contribution is 2.34. The number of rotatable bonds is 7. The second kappa shape index (κ2) is 8.18. The van der Waals surface area contributed by atoms with Crippen LogP contribution < -0.4 is 14.8 Å². The maximum Gasteiger partial charge on any atom is 0.242 e. The molecule has 0 unspecified atom stereocenters. The third-order valence-electron chi connectivity index (χ3n) is 3.90. The summed E-state index contributed by atoms with van der Waals surface area (Å²) in [5, 5.41) is 14.5. The normalized spacial score (nSPS) is 10.6. The molecule has 0 amide bonds. The molecule has 0 fully saturated rings. The van der Waals surface area contributed by atoms with Gasteiger partial charge in [-0.25, -0.2) is 4.68 Å². The summed E-state index contributed by atoms with van der Waals surface area (Å²) < 4.78 is 13.9. The van der Waals surface area contributed by atoms with Crippen LogP contribution in [0.4, 0.5) is 5.95 Å². The van der Waals surface area contributed by atoms with Gasteiger partial charge in [-0.05, 0) is 40.6 Å². The molecule has 0 atom stereocenters. The van der Waals surface area contributed by atoms with Gasteiger partial charge >= 0.3 is 0 Å². The van der Waals surface area contributed by atoms with Crippen LogP contribution in [0, 0.1) is 6.92 Å². The number of aromatic nitrogens is 4. The second-order valence-electron chi connectivity index (χ2n) is 5.85. The maximum atomic E-state index is 5.95. The van der Waals surface area contributed by atoms with Crippen molar-refractivity contribution in [1.82, 2.24) is 20.2 Å². The van der Waals surface area contributed by atoms with Crippen LogP contribution in [-0.4, -0.2) is 27.3 Å². The molecule has 1 aromatic heterocycles. The van der Waals surface area contributed by atoms with Crippen LogP contribution in [0.3, 0.4) is 0 Å². The average molecular weight is 418 g/mol. The molecule has 0 spiro atoms. The summed E-state index contributed by atoms with van der Waals surface area (Å²) in [6.07, 6.45) is 0. The molecule has 3 rings (SSSR count). The summed E-state index contributed by atoms with van der Waals surface area (Å²) >= 11 is 3.60. The Morgan fingerprint density at radius 3 is 2.58 bits per heavy atom. The molecule has 0 saturated carbocycles. The lowest BCUT2D eigenvalue weighted by Crippen LogP contribution is -2.07. The molecule has 0 radical (unpaired) electrons. The lowest BCUT2D eigenvalue weighted by molar-refractivity contribution is 0.284. The summed E-state index contributed by atoms with van der Waals surface area (Å²) in [5.74, 6) is 1.95. The van der Waals surface area contributed by atoms with Crippen molar-refractivity contribution >= 4 is 21.9 Å². The monoisotopic (exact) mass is 417 g/mol. The zero-order valence-electron chi connectivity index (χ0n) is 14.9. The van der Waals surface area contributed by atoms with Crippen LogP contribution in [0.5, 0.6) is 11.5 Å². The van der Waals surface area contributed by atoms with Crippen molar-refractivity contribution < 1.29 is 9.47 Å². The van der Waals surface area contributed by atoms with E-state index >= 15 is 0 Å². The lowest BCUT2D eigenvalue weighted by Gasteiger charge is -2.14. The number of methoxy groups -OCH3 is 1. The van der Waals surface area contributed by atoms with Gasteiger partial charge < -0.3 is 14.8 Å². The fraction of sp³-hybridized carbons (Fsp3) is 0.278. The summed E-state index contributed by atoms with van der Waals surface area (Å²) in [7, 11) is 3.41. The van der Waals surface area contributed by atoms with E-state index in [2.05, 4.69) is 68.0 Å². The number of aryl methyl sites for hydroxylation is 2. The van der Waals surface area contributed by atoms with E-state index in [9.17, 15) is 0 Å². The van der Waals surface area contributed by atoms with Crippen molar-refractivity contribution in [3.63, 3.8) is 0 Å². The number of hydrogen-bond donors (Lipinski definition) is 1. The van der Waals surface area contributed by atoms with E-state index < -0.39 is 0 Å². The number of tetrazole rings is 1.